The van der Waals surface area contributed by atoms with Gasteiger partial charge in [0.1, 0.15) is 0 Å². The summed E-state index contributed by atoms with van der Waals surface area (Å²) < 4.78 is 0. The van der Waals surface area contributed by atoms with Crippen LogP contribution in [-0.4, -0.2) is 17.4 Å². The van der Waals surface area contributed by atoms with Crippen LogP contribution in [0.2, 0.25) is 0 Å². The van der Waals surface area contributed by atoms with Crippen molar-refractivity contribution < 1.29 is 4.79 Å². The van der Waals surface area contributed by atoms with Crippen molar-refractivity contribution in [2.45, 2.75) is 32.7 Å². The minimum absolute atomic E-state index is 0.275. The Labute approximate surface area is 103 Å². The first-order valence-electron chi connectivity index (χ1n) is 6.31. The minimum Gasteiger partial charge on any atom is -0.399 e. The molecule has 1 aliphatic rings. The minimum atomic E-state index is 0.275. The van der Waals surface area contributed by atoms with E-state index >= 15 is 0 Å². The standard InChI is InChI=1S/C14H20N2O/c1-2-16(14(17)9-11-6-7-11)10-12-4-3-5-13(15)8-12/h3-5,8,11H,2,6-7,9-10,15H2,1H3. The first-order valence-corrected chi connectivity index (χ1v) is 6.31. The maximum absolute atomic E-state index is 12.0. The number of nitrogens with two attached hydrogens (primary N) is 1. The Morgan fingerprint density at radius 1 is 1.47 bits per heavy atom. The smallest absolute Gasteiger partial charge is 0.223 e. The summed E-state index contributed by atoms with van der Waals surface area (Å²) in [6.45, 7) is 3.46. The summed E-state index contributed by atoms with van der Waals surface area (Å²) in [4.78, 5) is 13.9. The van der Waals surface area contributed by atoms with Crippen LogP contribution < -0.4 is 5.73 Å². The second-order valence-corrected chi connectivity index (χ2v) is 4.80. The van der Waals surface area contributed by atoms with Gasteiger partial charge in [-0.1, -0.05) is 12.1 Å². The molecule has 0 saturated heterocycles. The summed E-state index contributed by atoms with van der Waals surface area (Å²) in [7, 11) is 0. The average molecular weight is 232 g/mol. The number of nitrogen functional groups attached to an aromatic ring is 1. The lowest BCUT2D eigenvalue weighted by molar-refractivity contribution is -0.132. The zero-order valence-corrected chi connectivity index (χ0v) is 10.4. The van der Waals surface area contributed by atoms with Crippen LogP contribution in [0.5, 0.6) is 0 Å². The molecule has 0 spiro atoms. The quantitative estimate of drug-likeness (QED) is 0.792. The summed E-state index contributed by atoms with van der Waals surface area (Å²) in [5.41, 5.74) is 7.60. The third-order valence-electron chi connectivity index (χ3n) is 3.22. The van der Waals surface area contributed by atoms with E-state index < -0.39 is 0 Å². The number of hydrogen-bond donors (Lipinski definition) is 1. The summed E-state index contributed by atoms with van der Waals surface area (Å²) in [5.74, 6) is 0.926. The Kier molecular flexibility index (Phi) is 3.67. The van der Waals surface area contributed by atoms with Crippen LogP contribution in [0.4, 0.5) is 5.69 Å². The van der Waals surface area contributed by atoms with Crippen LogP contribution in [0.1, 0.15) is 31.7 Å². The van der Waals surface area contributed by atoms with Crippen LogP contribution in [0, 0.1) is 5.92 Å². The highest BCUT2D eigenvalue weighted by molar-refractivity contribution is 5.76. The van der Waals surface area contributed by atoms with Crippen molar-refractivity contribution >= 4 is 11.6 Å². The topological polar surface area (TPSA) is 46.3 Å². The summed E-state index contributed by atoms with van der Waals surface area (Å²) >= 11 is 0. The van der Waals surface area contributed by atoms with Gasteiger partial charge in [0, 0.05) is 25.2 Å². The van der Waals surface area contributed by atoms with Crippen LogP contribution in [0.3, 0.4) is 0 Å². The van der Waals surface area contributed by atoms with Gasteiger partial charge >= 0.3 is 0 Å². The van der Waals surface area contributed by atoms with Crippen molar-refractivity contribution in [2.75, 3.05) is 12.3 Å². The number of carbonyl (C=O) groups excluding carboxylic acids is 1. The number of anilines is 1. The van der Waals surface area contributed by atoms with E-state index in [0.29, 0.717) is 12.5 Å². The number of amides is 1. The van der Waals surface area contributed by atoms with Gasteiger partial charge in [-0.25, -0.2) is 0 Å². The van der Waals surface area contributed by atoms with E-state index in [1.165, 1.54) is 12.8 Å². The molecule has 2 rings (SSSR count). The van der Waals surface area contributed by atoms with Gasteiger partial charge in [0.15, 0.2) is 0 Å². The Balaban J connectivity index is 1.95. The van der Waals surface area contributed by atoms with E-state index in [2.05, 4.69) is 0 Å². The fourth-order valence-corrected chi connectivity index (χ4v) is 1.99. The van der Waals surface area contributed by atoms with Crippen LogP contribution in [-0.2, 0) is 11.3 Å². The highest BCUT2D eigenvalue weighted by Gasteiger charge is 2.26. The molecule has 1 fully saturated rings. The summed E-state index contributed by atoms with van der Waals surface area (Å²) in [6.07, 6.45) is 3.17. The third-order valence-corrected chi connectivity index (χ3v) is 3.22. The molecule has 17 heavy (non-hydrogen) atoms. The van der Waals surface area contributed by atoms with E-state index in [1.54, 1.807) is 0 Å². The molecule has 0 radical (unpaired) electrons. The van der Waals surface area contributed by atoms with E-state index in [1.807, 2.05) is 36.1 Å². The van der Waals surface area contributed by atoms with Gasteiger partial charge in [-0.05, 0) is 43.4 Å². The zero-order chi connectivity index (χ0) is 12.3. The largest absolute Gasteiger partial charge is 0.399 e. The van der Waals surface area contributed by atoms with Gasteiger partial charge < -0.3 is 10.6 Å². The lowest BCUT2D eigenvalue weighted by atomic mass is 10.1. The van der Waals surface area contributed by atoms with E-state index in [-0.39, 0.29) is 5.91 Å². The van der Waals surface area contributed by atoms with Gasteiger partial charge in [0.25, 0.3) is 0 Å². The average Bonchev–Trinajstić information content (AvgIpc) is 3.09. The number of hydrogen-bond acceptors (Lipinski definition) is 2. The van der Waals surface area contributed by atoms with Gasteiger partial charge in [0.2, 0.25) is 5.91 Å². The molecule has 0 bridgehead atoms. The Bertz CT molecular complexity index is 399. The Morgan fingerprint density at radius 2 is 2.24 bits per heavy atom. The van der Waals surface area contributed by atoms with Gasteiger partial charge in [-0.2, -0.15) is 0 Å². The number of benzene rings is 1. The molecule has 0 aromatic heterocycles. The first-order chi connectivity index (χ1) is 8.19. The van der Waals surface area contributed by atoms with E-state index in [9.17, 15) is 4.79 Å². The van der Waals surface area contributed by atoms with Crippen molar-refractivity contribution in [3.8, 4) is 0 Å². The molecule has 2 N–H and O–H groups in total. The fraction of sp³-hybridized carbons (Fsp3) is 0.500. The molecule has 1 amide bonds. The number of rotatable bonds is 5. The van der Waals surface area contributed by atoms with Crippen molar-refractivity contribution in [3.05, 3.63) is 29.8 Å². The molecule has 1 aromatic rings. The second-order valence-electron chi connectivity index (χ2n) is 4.80. The highest BCUT2D eigenvalue weighted by Crippen LogP contribution is 2.33. The predicted molar refractivity (Wildman–Crippen MR) is 69.3 cm³/mol. The molecule has 0 unspecified atom stereocenters. The lowest BCUT2D eigenvalue weighted by Crippen LogP contribution is -2.30. The van der Waals surface area contributed by atoms with Crippen LogP contribution >= 0.6 is 0 Å². The first kappa shape index (κ1) is 12.0. The normalized spacial score (nSPS) is 14.6. The van der Waals surface area contributed by atoms with Crippen molar-refractivity contribution in [1.82, 2.24) is 4.90 Å². The number of carbonyl (C=O) groups is 1. The van der Waals surface area contributed by atoms with Crippen molar-refractivity contribution in [2.24, 2.45) is 5.92 Å². The van der Waals surface area contributed by atoms with Crippen LogP contribution in [0.25, 0.3) is 0 Å². The maximum atomic E-state index is 12.0. The molecule has 92 valence electrons. The van der Waals surface area contributed by atoms with Crippen LogP contribution in [0.15, 0.2) is 24.3 Å². The van der Waals surface area contributed by atoms with Crippen molar-refractivity contribution in [3.63, 3.8) is 0 Å². The molecule has 3 heteroatoms. The van der Waals surface area contributed by atoms with Gasteiger partial charge in [-0.15, -0.1) is 0 Å². The summed E-state index contributed by atoms with van der Waals surface area (Å²) in [6, 6.07) is 7.76. The SMILES string of the molecule is CCN(Cc1cccc(N)c1)C(=O)CC1CC1. The van der Waals surface area contributed by atoms with E-state index in [0.717, 1.165) is 24.2 Å². The molecule has 3 nitrogen and oxygen atoms in total. The predicted octanol–water partition coefficient (Wildman–Crippen LogP) is 2.42. The third kappa shape index (κ3) is 3.48. The molecule has 0 heterocycles. The van der Waals surface area contributed by atoms with Gasteiger partial charge in [-0.3, -0.25) is 4.79 Å². The molecular formula is C14H20N2O. The molecular weight excluding hydrogens is 212 g/mol. The molecule has 1 saturated carbocycles. The zero-order valence-electron chi connectivity index (χ0n) is 10.4. The second kappa shape index (κ2) is 5.21. The monoisotopic (exact) mass is 232 g/mol. The molecule has 0 aliphatic heterocycles. The van der Waals surface area contributed by atoms with Gasteiger partial charge in [0.05, 0.1) is 0 Å². The fourth-order valence-electron chi connectivity index (χ4n) is 1.99. The molecule has 0 atom stereocenters. The Morgan fingerprint density at radius 3 is 2.82 bits per heavy atom. The Hall–Kier alpha value is -1.51. The maximum Gasteiger partial charge on any atom is 0.223 e. The molecule has 1 aromatic carbocycles. The summed E-state index contributed by atoms with van der Waals surface area (Å²) in [5, 5.41) is 0. The van der Waals surface area contributed by atoms with Crippen molar-refractivity contribution in [1.29, 1.82) is 0 Å². The number of nitrogens with zero attached hydrogens (tertiary/aromatic N) is 1. The lowest BCUT2D eigenvalue weighted by Gasteiger charge is -2.21. The van der Waals surface area contributed by atoms with E-state index in [4.69, 9.17) is 5.73 Å². The highest BCUT2D eigenvalue weighted by atomic mass is 16.2. The molecule has 1 aliphatic carbocycles.